The summed E-state index contributed by atoms with van der Waals surface area (Å²) in [6.07, 6.45) is 0.299. The van der Waals surface area contributed by atoms with Crippen molar-refractivity contribution in [3.8, 4) is 5.75 Å². The van der Waals surface area contributed by atoms with E-state index >= 15 is 0 Å². The lowest BCUT2D eigenvalue weighted by Gasteiger charge is -2.20. The molecule has 1 saturated carbocycles. The average Bonchev–Trinajstić information content (AvgIpc) is 3.22. The van der Waals surface area contributed by atoms with Crippen LogP contribution in [-0.2, 0) is 6.54 Å². The first-order chi connectivity index (χ1) is 13.4. The Morgan fingerprint density at radius 2 is 1.96 bits per heavy atom. The van der Waals surface area contributed by atoms with E-state index in [9.17, 15) is 19.0 Å². The van der Waals surface area contributed by atoms with Gasteiger partial charge in [-0.1, -0.05) is 0 Å². The number of ether oxygens (including phenoxy) is 1. The van der Waals surface area contributed by atoms with Gasteiger partial charge in [-0.2, -0.15) is 0 Å². The van der Waals surface area contributed by atoms with E-state index in [0.29, 0.717) is 5.65 Å². The van der Waals surface area contributed by atoms with Crippen LogP contribution in [0.25, 0.3) is 11.0 Å². The molecule has 0 radical (unpaired) electrons. The number of aromatic nitrogens is 3. The number of benzene rings is 1. The zero-order valence-electron chi connectivity index (χ0n) is 15.1. The summed E-state index contributed by atoms with van der Waals surface area (Å²) in [6.45, 7) is 1.80. The standard InChI is InChI=1S/C19H20F2N4O3/c1-9-11-2-3-25(19(11)24-8-23-9)14-6-16(18(27)17(14)26)28-15-5-13(21)12(20)4-10(15)7-22/h2-5,8,14,16-18,26-27H,6-7,22H2,1H3/t14-,16+,17+,18-/m1/s1. The van der Waals surface area contributed by atoms with E-state index < -0.39 is 36.0 Å². The molecule has 4 N–H and O–H groups in total. The number of aryl methyl sites for hydroxylation is 1. The van der Waals surface area contributed by atoms with Crippen molar-refractivity contribution in [3.63, 3.8) is 0 Å². The molecule has 1 aliphatic rings. The minimum atomic E-state index is -1.22. The molecule has 4 rings (SSSR count). The number of halogens is 2. The van der Waals surface area contributed by atoms with Gasteiger partial charge in [-0.3, -0.25) is 0 Å². The fourth-order valence-corrected chi connectivity index (χ4v) is 3.73. The Bertz CT molecular complexity index is 1030. The fourth-order valence-electron chi connectivity index (χ4n) is 3.73. The first-order valence-electron chi connectivity index (χ1n) is 8.89. The zero-order chi connectivity index (χ0) is 20.0. The van der Waals surface area contributed by atoms with Gasteiger partial charge in [0.05, 0.1) is 11.7 Å². The first-order valence-corrected chi connectivity index (χ1v) is 8.89. The molecule has 0 spiro atoms. The third-order valence-corrected chi connectivity index (χ3v) is 5.27. The highest BCUT2D eigenvalue weighted by Crippen LogP contribution is 2.36. The van der Waals surface area contributed by atoms with Crippen molar-refractivity contribution in [2.24, 2.45) is 5.73 Å². The molecule has 0 unspecified atom stereocenters. The molecule has 28 heavy (non-hydrogen) atoms. The predicted octanol–water partition coefficient (Wildman–Crippen LogP) is 1.59. The lowest BCUT2D eigenvalue weighted by Crippen LogP contribution is -2.34. The van der Waals surface area contributed by atoms with Gasteiger partial charge in [-0.05, 0) is 19.1 Å². The quantitative estimate of drug-likeness (QED) is 0.625. The molecule has 7 nitrogen and oxygen atoms in total. The molecule has 3 aromatic rings. The van der Waals surface area contributed by atoms with E-state index in [4.69, 9.17) is 10.5 Å². The second kappa shape index (κ2) is 7.08. The minimum Gasteiger partial charge on any atom is -0.487 e. The van der Waals surface area contributed by atoms with Crippen LogP contribution in [-0.4, -0.2) is 43.1 Å². The average molecular weight is 390 g/mol. The number of aliphatic hydroxyl groups is 2. The summed E-state index contributed by atoms with van der Waals surface area (Å²) < 4.78 is 34.6. The highest BCUT2D eigenvalue weighted by Gasteiger charge is 2.44. The second-order valence-corrected chi connectivity index (χ2v) is 6.94. The van der Waals surface area contributed by atoms with Crippen LogP contribution in [0.5, 0.6) is 5.75 Å². The van der Waals surface area contributed by atoms with Gasteiger partial charge < -0.3 is 25.3 Å². The summed E-state index contributed by atoms with van der Waals surface area (Å²) in [6, 6.07) is 3.23. The number of rotatable bonds is 4. The SMILES string of the molecule is Cc1ncnc2c1ccn2[C@@H]1C[C@H](Oc2cc(F)c(F)cc2CN)[C@@H](O)[C@H]1O. The number of aliphatic hydroxyl groups excluding tert-OH is 2. The molecule has 9 heteroatoms. The van der Waals surface area contributed by atoms with Crippen molar-refractivity contribution < 1.29 is 23.7 Å². The van der Waals surface area contributed by atoms with Crippen LogP contribution in [0.2, 0.25) is 0 Å². The van der Waals surface area contributed by atoms with Crippen LogP contribution in [0.15, 0.2) is 30.7 Å². The number of nitrogens with two attached hydrogens (primary N) is 1. The Balaban J connectivity index is 1.63. The predicted molar refractivity (Wildman–Crippen MR) is 96.6 cm³/mol. The van der Waals surface area contributed by atoms with E-state index in [2.05, 4.69) is 9.97 Å². The van der Waals surface area contributed by atoms with Crippen LogP contribution in [0.1, 0.15) is 23.7 Å². The molecule has 1 aromatic carbocycles. The molecule has 1 fully saturated rings. The molecule has 0 amide bonds. The van der Waals surface area contributed by atoms with Gasteiger partial charge in [0.25, 0.3) is 0 Å². The van der Waals surface area contributed by atoms with Crippen LogP contribution in [0, 0.1) is 18.6 Å². The number of hydrogen-bond donors (Lipinski definition) is 3. The van der Waals surface area contributed by atoms with Gasteiger partial charge in [-0.25, -0.2) is 18.7 Å². The molecular weight excluding hydrogens is 370 g/mol. The monoisotopic (exact) mass is 390 g/mol. The number of fused-ring (bicyclic) bond motifs is 1. The number of nitrogens with zero attached hydrogens (tertiary/aromatic N) is 3. The molecule has 148 valence electrons. The summed E-state index contributed by atoms with van der Waals surface area (Å²) in [4.78, 5) is 8.42. The Morgan fingerprint density at radius 3 is 2.71 bits per heavy atom. The fraction of sp³-hybridized carbons (Fsp3) is 0.368. The third kappa shape index (κ3) is 3.01. The maximum atomic E-state index is 13.6. The Morgan fingerprint density at radius 1 is 1.21 bits per heavy atom. The van der Waals surface area contributed by atoms with Gasteiger partial charge in [0, 0.05) is 36.2 Å². The lowest BCUT2D eigenvalue weighted by atomic mass is 10.1. The molecule has 1 aliphatic carbocycles. The van der Waals surface area contributed by atoms with Gasteiger partial charge in [0.15, 0.2) is 11.6 Å². The minimum absolute atomic E-state index is 0.0498. The summed E-state index contributed by atoms with van der Waals surface area (Å²) >= 11 is 0. The van der Waals surface area contributed by atoms with E-state index in [1.165, 1.54) is 6.33 Å². The summed E-state index contributed by atoms with van der Waals surface area (Å²) in [5.74, 6) is -2.04. The van der Waals surface area contributed by atoms with Gasteiger partial charge in [0.1, 0.15) is 36.0 Å². The lowest BCUT2D eigenvalue weighted by molar-refractivity contribution is -0.0166. The van der Waals surface area contributed by atoms with Gasteiger partial charge in [-0.15, -0.1) is 0 Å². The van der Waals surface area contributed by atoms with Crippen molar-refractivity contribution in [3.05, 3.63) is 53.6 Å². The first kappa shape index (κ1) is 18.7. The Hall–Kier alpha value is -2.62. The highest BCUT2D eigenvalue weighted by atomic mass is 19.2. The van der Waals surface area contributed by atoms with Gasteiger partial charge in [0.2, 0.25) is 0 Å². The molecular formula is C19H20F2N4O3. The third-order valence-electron chi connectivity index (χ3n) is 5.27. The summed E-state index contributed by atoms with van der Waals surface area (Å²) in [5.41, 5.74) is 7.31. The van der Waals surface area contributed by atoms with E-state index in [0.717, 1.165) is 23.2 Å². The van der Waals surface area contributed by atoms with E-state index in [1.54, 1.807) is 10.8 Å². The maximum absolute atomic E-state index is 13.6. The second-order valence-electron chi connectivity index (χ2n) is 6.94. The normalized spacial score (nSPS) is 24.8. The summed E-state index contributed by atoms with van der Waals surface area (Å²) in [5, 5.41) is 21.9. The molecule has 2 heterocycles. The summed E-state index contributed by atoms with van der Waals surface area (Å²) in [7, 11) is 0. The topological polar surface area (TPSA) is 106 Å². The van der Waals surface area contributed by atoms with Crippen molar-refractivity contribution >= 4 is 11.0 Å². The largest absolute Gasteiger partial charge is 0.487 e. The molecule has 0 aliphatic heterocycles. The van der Waals surface area contributed by atoms with E-state index in [-0.39, 0.29) is 24.3 Å². The Labute approximate surface area is 159 Å². The van der Waals surface area contributed by atoms with Crippen LogP contribution >= 0.6 is 0 Å². The zero-order valence-corrected chi connectivity index (χ0v) is 15.1. The van der Waals surface area contributed by atoms with Crippen molar-refractivity contribution in [2.45, 2.75) is 44.2 Å². The van der Waals surface area contributed by atoms with Crippen LogP contribution in [0.3, 0.4) is 0 Å². The van der Waals surface area contributed by atoms with Crippen LogP contribution < -0.4 is 10.5 Å². The van der Waals surface area contributed by atoms with Crippen molar-refractivity contribution in [1.82, 2.24) is 14.5 Å². The van der Waals surface area contributed by atoms with Crippen LogP contribution in [0.4, 0.5) is 8.78 Å². The maximum Gasteiger partial charge on any atom is 0.162 e. The highest BCUT2D eigenvalue weighted by molar-refractivity contribution is 5.78. The molecule has 2 aromatic heterocycles. The smallest absolute Gasteiger partial charge is 0.162 e. The molecule has 0 saturated heterocycles. The Kier molecular flexibility index (Phi) is 4.74. The molecule has 0 bridgehead atoms. The van der Waals surface area contributed by atoms with Crippen molar-refractivity contribution in [1.29, 1.82) is 0 Å². The van der Waals surface area contributed by atoms with Gasteiger partial charge >= 0.3 is 0 Å². The van der Waals surface area contributed by atoms with E-state index in [1.807, 2.05) is 13.0 Å². The van der Waals surface area contributed by atoms with Crippen molar-refractivity contribution in [2.75, 3.05) is 0 Å². The number of hydrogen-bond acceptors (Lipinski definition) is 6. The molecule has 4 atom stereocenters.